The van der Waals surface area contributed by atoms with E-state index in [1.165, 1.54) is 24.3 Å². The number of pyridine rings is 1. The molecule has 0 aliphatic carbocycles. The third kappa shape index (κ3) is 3.71. The summed E-state index contributed by atoms with van der Waals surface area (Å²) in [5, 5.41) is 21.5. The SMILES string of the molecule is CC(NC(=O)COc1ccc([N+](=O)[O-])cc1)c1nnc2ccccn12. The van der Waals surface area contributed by atoms with E-state index >= 15 is 0 Å². The Bertz CT molecular complexity index is 906. The molecule has 3 rings (SSSR count). The van der Waals surface area contributed by atoms with Crippen LogP contribution < -0.4 is 10.1 Å². The fourth-order valence-corrected chi connectivity index (χ4v) is 2.32. The summed E-state index contributed by atoms with van der Waals surface area (Å²) in [7, 11) is 0. The molecule has 0 fully saturated rings. The van der Waals surface area contributed by atoms with E-state index in [0.717, 1.165) is 0 Å². The van der Waals surface area contributed by atoms with E-state index in [1.54, 1.807) is 11.3 Å². The molecule has 9 heteroatoms. The minimum Gasteiger partial charge on any atom is -0.484 e. The summed E-state index contributed by atoms with van der Waals surface area (Å²) in [6.07, 6.45) is 1.82. The Hall–Kier alpha value is -3.49. The second kappa shape index (κ2) is 6.95. The molecule has 1 unspecified atom stereocenters. The number of fused-ring (bicyclic) bond motifs is 1. The topological polar surface area (TPSA) is 112 Å². The lowest BCUT2D eigenvalue weighted by Crippen LogP contribution is -2.32. The number of benzene rings is 1. The van der Waals surface area contributed by atoms with Gasteiger partial charge in [-0.3, -0.25) is 19.3 Å². The summed E-state index contributed by atoms with van der Waals surface area (Å²) >= 11 is 0. The van der Waals surface area contributed by atoms with Crippen molar-refractivity contribution in [2.45, 2.75) is 13.0 Å². The molecular formula is C16H15N5O4. The zero-order valence-electron chi connectivity index (χ0n) is 13.3. The van der Waals surface area contributed by atoms with Crippen LogP contribution >= 0.6 is 0 Å². The minimum atomic E-state index is -0.499. The van der Waals surface area contributed by atoms with Gasteiger partial charge in [-0.25, -0.2) is 0 Å². The molecule has 128 valence electrons. The number of ether oxygens (including phenoxy) is 1. The van der Waals surface area contributed by atoms with Crippen LogP contribution in [-0.4, -0.2) is 32.0 Å². The summed E-state index contributed by atoms with van der Waals surface area (Å²) in [6.45, 7) is 1.59. The first-order valence-electron chi connectivity index (χ1n) is 7.51. The molecule has 1 atom stereocenters. The van der Waals surface area contributed by atoms with Crippen molar-refractivity contribution in [3.8, 4) is 5.75 Å². The van der Waals surface area contributed by atoms with Gasteiger partial charge in [0.1, 0.15) is 5.75 Å². The number of nitrogens with zero attached hydrogens (tertiary/aromatic N) is 4. The Morgan fingerprint density at radius 3 is 2.76 bits per heavy atom. The van der Waals surface area contributed by atoms with Gasteiger partial charge in [-0.05, 0) is 31.2 Å². The lowest BCUT2D eigenvalue weighted by atomic mass is 10.3. The molecule has 0 radical (unpaired) electrons. The number of nitro benzene ring substituents is 1. The maximum Gasteiger partial charge on any atom is 0.269 e. The van der Waals surface area contributed by atoms with Crippen LogP contribution in [0.15, 0.2) is 48.7 Å². The summed E-state index contributed by atoms with van der Waals surface area (Å²) in [6, 6.07) is 10.7. The Balaban J connectivity index is 1.57. The van der Waals surface area contributed by atoms with Gasteiger partial charge in [0.2, 0.25) is 0 Å². The lowest BCUT2D eigenvalue weighted by Gasteiger charge is -2.13. The van der Waals surface area contributed by atoms with Gasteiger partial charge in [-0.15, -0.1) is 10.2 Å². The fraction of sp³-hybridized carbons (Fsp3) is 0.188. The highest BCUT2D eigenvalue weighted by Crippen LogP contribution is 2.17. The Kier molecular flexibility index (Phi) is 4.55. The molecule has 0 aliphatic rings. The number of carbonyl (C=O) groups is 1. The summed E-state index contributed by atoms with van der Waals surface area (Å²) in [5.74, 6) is 0.652. The van der Waals surface area contributed by atoms with E-state index in [0.29, 0.717) is 17.2 Å². The molecule has 3 aromatic rings. The van der Waals surface area contributed by atoms with Gasteiger partial charge in [-0.1, -0.05) is 6.07 Å². The van der Waals surface area contributed by atoms with E-state index < -0.39 is 4.92 Å². The number of rotatable bonds is 6. The van der Waals surface area contributed by atoms with Crippen LogP contribution in [-0.2, 0) is 4.79 Å². The van der Waals surface area contributed by atoms with Gasteiger partial charge in [-0.2, -0.15) is 0 Å². The molecular weight excluding hydrogens is 326 g/mol. The van der Waals surface area contributed by atoms with E-state index in [-0.39, 0.29) is 24.2 Å². The van der Waals surface area contributed by atoms with Gasteiger partial charge < -0.3 is 10.1 Å². The summed E-state index contributed by atoms with van der Waals surface area (Å²) < 4.78 is 7.12. The molecule has 0 spiro atoms. The molecule has 9 nitrogen and oxygen atoms in total. The van der Waals surface area contributed by atoms with E-state index in [2.05, 4.69) is 15.5 Å². The maximum absolute atomic E-state index is 12.0. The molecule has 0 aliphatic heterocycles. The van der Waals surface area contributed by atoms with Gasteiger partial charge in [0.15, 0.2) is 18.1 Å². The fourth-order valence-electron chi connectivity index (χ4n) is 2.32. The molecule has 1 aromatic carbocycles. The van der Waals surface area contributed by atoms with Gasteiger partial charge >= 0.3 is 0 Å². The second-order valence-electron chi connectivity index (χ2n) is 5.32. The predicted octanol–water partition coefficient (Wildman–Crippen LogP) is 1.89. The Labute approximate surface area is 142 Å². The standard InChI is InChI=1S/C16H15N5O4/c1-11(16-19-18-14-4-2-3-9-20(14)16)17-15(22)10-25-13-7-5-12(6-8-13)21(23)24/h2-9,11H,10H2,1H3,(H,17,22). The third-order valence-corrected chi connectivity index (χ3v) is 3.52. The quantitative estimate of drug-likeness (QED) is 0.541. The molecule has 25 heavy (non-hydrogen) atoms. The van der Waals surface area contributed by atoms with Crippen molar-refractivity contribution >= 4 is 17.2 Å². The van der Waals surface area contributed by atoms with Crippen LogP contribution in [0.1, 0.15) is 18.8 Å². The van der Waals surface area contributed by atoms with Crippen LogP contribution in [0.5, 0.6) is 5.75 Å². The number of nitro groups is 1. The summed E-state index contributed by atoms with van der Waals surface area (Å²) in [5.41, 5.74) is 0.657. The average molecular weight is 341 g/mol. The van der Waals surface area contributed by atoms with E-state index in [1.807, 2.05) is 24.4 Å². The van der Waals surface area contributed by atoms with Crippen molar-refractivity contribution in [2.24, 2.45) is 0 Å². The predicted molar refractivity (Wildman–Crippen MR) is 88.1 cm³/mol. The van der Waals surface area contributed by atoms with Crippen molar-refractivity contribution < 1.29 is 14.5 Å². The lowest BCUT2D eigenvalue weighted by molar-refractivity contribution is -0.384. The zero-order valence-corrected chi connectivity index (χ0v) is 13.3. The number of hydrogen-bond donors (Lipinski definition) is 1. The van der Waals surface area contributed by atoms with E-state index in [9.17, 15) is 14.9 Å². The average Bonchev–Trinajstić information content (AvgIpc) is 3.04. The van der Waals surface area contributed by atoms with Gasteiger partial charge in [0.05, 0.1) is 11.0 Å². The molecule has 0 bridgehead atoms. The molecule has 2 heterocycles. The highest BCUT2D eigenvalue weighted by Gasteiger charge is 2.16. The van der Waals surface area contributed by atoms with Crippen LogP contribution in [0.3, 0.4) is 0 Å². The minimum absolute atomic E-state index is 0.0379. The summed E-state index contributed by atoms with van der Waals surface area (Å²) in [4.78, 5) is 22.1. The maximum atomic E-state index is 12.0. The molecule has 0 saturated heterocycles. The number of aromatic nitrogens is 3. The van der Waals surface area contributed by atoms with Crippen molar-refractivity contribution in [3.05, 3.63) is 64.6 Å². The van der Waals surface area contributed by atoms with Crippen LogP contribution in [0.4, 0.5) is 5.69 Å². The molecule has 1 amide bonds. The van der Waals surface area contributed by atoms with Crippen molar-refractivity contribution in [3.63, 3.8) is 0 Å². The number of carbonyl (C=O) groups excluding carboxylic acids is 1. The smallest absolute Gasteiger partial charge is 0.269 e. The normalized spacial score (nSPS) is 11.9. The van der Waals surface area contributed by atoms with Gasteiger partial charge in [0, 0.05) is 18.3 Å². The van der Waals surface area contributed by atoms with Crippen LogP contribution in [0.25, 0.3) is 5.65 Å². The molecule has 0 saturated carbocycles. The first-order chi connectivity index (χ1) is 12.0. The number of nitrogens with one attached hydrogen (secondary N) is 1. The number of non-ortho nitro benzene ring substituents is 1. The number of hydrogen-bond acceptors (Lipinski definition) is 6. The van der Waals surface area contributed by atoms with Crippen LogP contribution in [0, 0.1) is 10.1 Å². The zero-order chi connectivity index (χ0) is 17.8. The molecule has 2 aromatic heterocycles. The Morgan fingerprint density at radius 2 is 2.04 bits per heavy atom. The third-order valence-electron chi connectivity index (χ3n) is 3.52. The van der Waals surface area contributed by atoms with Crippen molar-refractivity contribution in [2.75, 3.05) is 6.61 Å². The van der Waals surface area contributed by atoms with Crippen molar-refractivity contribution in [1.82, 2.24) is 19.9 Å². The first-order valence-corrected chi connectivity index (χ1v) is 7.51. The second-order valence-corrected chi connectivity index (χ2v) is 5.32. The largest absolute Gasteiger partial charge is 0.484 e. The molecule has 1 N–H and O–H groups in total. The Morgan fingerprint density at radius 1 is 1.28 bits per heavy atom. The first kappa shape index (κ1) is 16.4. The highest BCUT2D eigenvalue weighted by atomic mass is 16.6. The number of amides is 1. The van der Waals surface area contributed by atoms with E-state index in [4.69, 9.17) is 4.74 Å². The van der Waals surface area contributed by atoms with Crippen molar-refractivity contribution in [1.29, 1.82) is 0 Å². The van der Waals surface area contributed by atoms with Crippen LogP contribution in [0.2, 0.25) is 0 Å². The van der Waals surface area contributed by atoms with Gasteiger partial charge in [0.25, 0.3) is 11.6 Å². The highest BCUT2D eigenvalue weighted by molar-refractivity contribution is 5.77. The monoisotopic (exact) mass is 341 g/mol.